The van der Waals surface area contributed by atoms with Gasteiger partial charge in [-0.1, -0.05) is 43.3 Å². The summed E-state index contributed by atoms with van der Waals surface area (Å²) in [5, 5.41) is 7.73. The lowest BCUT2D eigenvalue weighted by molar-refractivity contribution is 0.431. The van der Waals surface area contributed by atoms with E-state index in [0.717, 1.165) is 18.4 Å². The molecule has 2 atom stereocenters. The summed E-state index contributed by atoms with van der Waals surface area (Å²) in [6.07, 6.45) is 1.80. The zero-order chi connectivity index (χ0) is 17.4. The minimum atomic E-state index is -0.247. The van der Waals surface area contributed by atoms with Crippen LogP contribution < -0.4 is 11.1 Å². The van der Waals surface area contributed by atoms with Crippen molar-refractivity contribution < 1.29 is 4.39 Å². The number of halogens is 1. The number of rotatable bonds is 3. The lowest BCUT2D eigenvalue weighted by atomic mass is 9.93. The SMILES string of the molecule is CCc1ccc([C@H]2C[C@H](c3ccc(F)cc3)n3nc(N)nc3N2)cc1. The number of nitrogens with two attached hydrogens (primary N) is 1. The molecule has 25 heavy (non-hydrogen) atoms. The van der Waals surface area contributed by atoms with E-state index in [-0.39, 0.29) is 23.8 Å². The quantitative estimate of drug-likeness (QED) is 0.764. The third kappa shape index (κ3) is 2.95. The number of nitrogen functional groups attached to an aromatic ring is 1. The van der Waals surface area contributed by atoms with E-state index < -0.39 is 0 Å². The fourth-order valence-electron chi connectivity index (χ4n) is 3.36. The van der Waals surface area contributed by atoms with E-state index in [1.807, 2.05) is 0 Å². The number of benzene rings is 2. The van der Waals surface area contributed by atoms with Crippen LogP contribution >= 0.6 is 0 Å². The summed E-state index contributed by atoms with van der Waals surface area (Å²) in [6, 6.07) is 15.2. The largest absolute Gasteiger partial charge is 0.366 e. The Morgan fingerprint density at radius 3 is 2.48 bits per heavy atom. The van der Waals surface area contributed by atoms with Crippen molar-refractivity contribution in [2.24, 2.45) is 0 Å². The van der Waals surface area contributed by atoms with Crippen LogP contribution in [-0.2, 0) is 6.42 Å². The second-order valence-electron chi connectivity index (χ2n) is 6.33. The number of hydrogen-bond acceptors (Lipinski definition) is 4. The fourth-order valence-corrected chi connectivity index (χ4v) is 3.36. The average Bonchev–Trinajstić information content (AvgIpc) is 3.02. The first kappa shape index (κ1) is 15.6. The lowest BCUT2D eigenvalue weighted by Gasteiger charge is -2.31. The number of aryl methyl sites for hydroxylation is 1. The Bertz CT molecular complexity index is 870. The Balaban J connectivity index is 1.71. The van der Waals surface area contributed by atoms with Gasteiger partial charge in [-0.15, -0.1) is 5.10 Å². The van der Waals surface area contributed by atoms with Crippen molar-refractivity contribution in [1.29, 1.82) is 0 Å². The van der Waals surface area contributed by atoms with Crippen LogP contribution in [-0.4, -0.2) is 14.8 Å². The second kappa shape index (κ2) is 6.20. The van der Waals surface area contributed by atoms with Crippen LogP contribution in [0, 0.1) is 5.82 Å². The van der Waals surface area contributed by atoms with Gasteiger partial charge < -0.3 is 11.1 Å². The molecular formula is C19H20FN5. The molecule has 2 heterocycles. The Kier molecular flexibility index (Phi) is 3.87. The summed E-state index contributed by atoms with van der Waals surface area (Å²) in [4.78, 5) is 4.30. The number of hydrogen-bond donors (Lipinski definition) is 2. The van der Waals surface area contributed by atoms with E-state index in [9.17, 15) is 4.39 Å². The molecule has 0 aliphatic carbocycles. The van der Waals surface area contributed by atoms with Gasteiger partial charge in [0.25, 0.3) is 0 Å². The summed E-state index contributed by atoms with van der Waals surface area (Å²) >= 11 is 0. The predicted octanol–water partition coefficient (Wildman–Crippen LogP) is 3.71. The standard InChI is InChI=1S/C19H20FN5/c1-2-12-3-5-13(6-4-12)16-11-17(14-7-9-15(20)10-8-14)25-19(22-16)23-18(21)24-25/h3-10,16-17H,2,11H2,1H3,(H3,21,22,23,24)/t16-,17-/m1/s1. The number of fused-ring (bicyclic) bond motifs is 1. The maximum atomic E-state index is 13.3. The summed E-state index contributed by atoms with van der Waals surface area (Å²) in [5.74, 6) is 0.627. The number of aromatic nitrogens is 3. The molecule has 0 bridgehead atoms. The van der Waals surface area contributed by atoms with Crippen molar-refractivity contribution in [2.45, 2.75) is 31.8 Å². The molecule has 2 aromatic carbocycles. The van der Waals surface area contributed by atoms with E-state index in [1.165, 1.54) is 23.3 Å². The van der Waals surface area contributed by atoms with Gasteiger partial charge in [0.05, 0.1) is 12.1 Å². The first-order chi connectivity index (χ1) is 12.1. The molecule has 1 aromatic heterocycles. The molecule has 128 valence electrons. The third-order valence-electron chi connectivity index (χ3n) is 4.75. The van der Waals surface area contributed by atoms with Gasteiger partial charge in [0, 0.05) is 0 Å². The highest BCUT2D eigenvalue weighted by Crippen LogP contribution is 2.38. The molecule has 0 unspecified atom stereocenters. The van der Waals surface area contributed by atoms with Crippen LogP contribution in [0.4, 0.5) is 16.3 Å². The number of nitrogens with one attached hydrogen (secondary N) is 1. The molecule has 3 aromatic rings. The Hall–Kier alpha value is -2.89. The first-order valence-electron chi connectivity index (χ1n) is 8.47. The van der Waals surface area contributed by atoms with Crippen molar-refractivity contribution in [3.63, 3.8) is 0 Å². The van der Waals surface area contributed by atoms with Gasteiger partial charge in [0.1, 0.15) is 5.82 Å². The summed E-state index contributed by atoms with van der Waals surface area (Å²) < 4.78 is 15.1. The lowest BCUT2D eigenvalue weighted by Crippen LogP contribution is -2.28. The van der Waals surface area contributed by atoms with Gasteiger partial charge in [-0.25, -0.2) is 9.07 Å². The summed E-state index contributed by atoms with van der Waals surface area (Å²) in [6.45, 7) is 2.14. The Labute approximate surface area is 145 Å². The molecule has 0 spiro atoms. The van der Waals surface area contributed by atoms with Crippen molar-refractivity contribution in [1.82, 2.24) is 14.8 Å². The third-order valence-corrected chi connectivity index (χ3v) is 4.75. The van der Waals surface area contributed by atoms with Crippen LogP contribution in [0.25, 0.3) is 0 Å². The zero-order valence-corrected chi connectivity index (χ0v) is 14.0. The molecule has 0 saturated heterocycles. The Morgan fingerprint density at radius 2 is 1.80 bits per heavy atom. The van der Waals surface area contributed by atoms with E-state index in [0.29, 0.717) is 5.95 Å². The molecular weight excluding hydrogens is 317 g/mol. The van der Waals surface area contributed by atoms with E-state index in [1.54, 1.807) is 16.8 Å². The van der Waals surface area contributed by atoms with E-state index in [4.69, 9.17) is 5.73 Å². The normalized spacial score (nSPS) is 19.3. The van der Waals surface area contributed by atoms with Crippen molar-refractivity contribution in [3.05, 3.63) is 71.0 Å². The predicted molar refractivity (Wildman–Crippen MR) is 95.8 cm³/mol. The van der Waals surface area contributed by atoms with Gasteiger partial charge in [0.2, 0.25) is 11.9 Å². The van der Waals surface area contributed by atoms with E-state index >= 15 is 0 Å². The van der Waals surface area contributed by atoms with Crippen LogP contribution in [0.2, 0.25) is 0 Å². The molecule has 4 rings (SSSR count). The molecule has 3 N–H and O–H groups in total. The Morgan fingerprint density at radius 1 is 1.12 bits per heavy atom. The molecule has 5 nitrogen and oxygen atoms in total. The van der Waals surface area contributed by atoms with Crippen LogP contribution in [0.15, 0.2) is 48.5 Å². The maximum absolute atomic E-state index is 13.3. The van der Waals surface area contributed by atoms with Crippen molar-refractivity contribution in [2.75, 3.05) is 11.1 Å². The van der Waals surface area contributed by atoms with Crippen LogP contribution in [0.5, 0.6) is 0 Å². The molecule has 1 aliphatic heterocycles. The minimum absolute atomic E-state index is 0.0440. The first-order valence-corrected chi connectivity index (χ1v) is 8.47. The molecule has 0 amide bonds. The van der Waals surface area contributed by atoms with Gasteiger partial charge in [-0.3, -0.25) is 0 Å². The summed E-state index contributed by atoms with van der Waals surface area (Å²) in [5.41, 5.74) is 9.29. The smallest absolute Gasteiger partial charge is 0.241 e. The minimum Gasteiger partial charge on any atom is -0.366 e. The number of anilines is 2. The van der Waals surface area contributed by atoms with E-state index in [2.05, 4.69) is 46.6 Å². The maximum Gasteiger partial charge on any atom is 0.241 e. The van der Waals surface area contributed by atoms with Crippen molar-refractivity contribution in [3.8, 4) is 0 Å². The second-order valence-corrected chi connectivity index (χ2v) is 6.33. The topological polar surface area (TPSA) is 68.8 Å². The zero-order valence-electron chi connectivity index (χ0n) is 14.0. The highest BCUT2D eigenvalue weighted by atomic mass is 19.1. The molecule has 0 fully saturated rings. The molecule has 1 aliphatic rings. The molecule has 0 saturated carbocycles. The van der Waals surface area contributed by atoms with Crippen LogP contribution in [0.3, 0.4) is 0 Å². The van der Waals surface area contributed by atoms with Gasteiger partial charge in [0.15, 0.2) is 0 Å². The van der Waals surface area contributed by atoms with Crippen LogP contribution in [0.1, 0.15) is 42.1 Å². The highest BCUT2D eigenvalue weighted by Gasteiger charge is 2.30. The monoisotopic (exact) mass is 337 g/mol. The average molecular weight is 337 g/mol. The van der Waals surface area contributed by atoms with Gasteiger partial charge in [-0.2, -0.15) is 4.98 Å². The van der Waals surface area contributed by atoms with Gasteiger partial charge >= 0.3 is 0 Å². The van der Waals surface area contributed by atoms with Crippen molar-refractivity contribution >= 4 is 11.9 Å². The highest BCUT2D eigenvalue weighted by molar-refractivity contribution is 5.42. The molecule has 6 heteroatoms. The van der Waals surface area contributed by atoms with Gasteiger partial charge in [-0.05, 0) is 41.7 Å². The summed E-state index contributed by atoms with van der Waals surface area (Å²) in [7, 11) is 0. The molecule has 0 radical (unpaired) electrons. The fraction of sp³-hybridized carbons (Fsp3) is 0.263. The number of nitrogens with zero attached hydrogens (tertiary/aromatic N) is 3.